The van der Waals surface area contributed by atoms with Crippen LogP contribution in [0.1, 0.15) is 43.7 Å². The molecule has 0 fully saturated rings. The van der Waals surface area contributed by atoms with Crippen LogP contribution in [0, 0.1) is 0 Å². The van der Waals surface area contributed by atoms with Gasteiger partial charge in [-0.2, -0.15) is 0 Å². The first kappa shape index (κ1) is 16.9. The lowest BCUT2D eigenvalue weighted by molar-refractivity contribution is -0.922. The summed E-state index contributed by atoms with van der Waals surface area (Å²) in [6, 6.07) is 4.28. The van der Waals surface area contributed by atoms with Crippen LogP contribution in [-0.2, 0) is 12.0 Å². The van der Waals surface area contributed by atoms with Crippen molar-refractivity contribution in [1.29, 1.82) is 0 Å². The summed E-state index contributed by atoms with van der Waals surface area (Å²) in [7, 11) is 4.10. The first-order valence-electron chi connectivity index (χ1n) is 9.59. The van der Waals surface area contributed by atoms with Crippen molar-refractivity contribution in [3.05, 3.63) is 35.4 Å². The van der Waals surface area contributed by atoms with Gasteiger partial charge >= 0.3 is 0 Å². The summed E-state index contributed by atoms with van der Waals surface area (Å²) >= 11 is 0. The van der Waals surface area contributed by atoms with Crippen LogP contribution < -0.4 is 9.47 Å². The van der Waals surface area contributed by atoms with Gasteiger partial charge in [-0.1, -0.05) is 25.5 Å². The van der Waals surface area contributed by atoms with Gasteiger partial charge in [0.05, 0.1) is 38.8 Å². The maximum atomic E-state index is 10.1. The zero-order chi connectivity index (χ0) is 17.7. The fourth-order valence-electron chi connectivity index (χ4n) is 5.01. The number of aliphatic hydroxyl groups is 1. The van der Waals surface area contributed by atoms with Gasteiger partial charge in [-0.05, 0) is 18.6 Å². The molecule has 0 saturated heterocycles. The number of methoxy groups -OCH3 is 1. The van der Waals surface area contributed by atoms with Crippen molar-refractivity contribution in [2.24, 2.45) is 0 Å². The van der Waals surface area contributed by atoms with Crippen molar-refractivity contribution < 1.29 is 19.1 Å². The Morgan fingerprint density at radius 3 is 3.00 bits per heavy atom. The Morgan fingerprint density at radius 2 is 2.24 bits per heavy atom. The Balaban J connectivity index is 1.84. The Kier molecular flexibility index (Phi) is 4.08. The molecule has 1 aliphatic carbocycles. The fraction of sp³-hybridized carbons (Fsp3) is 0.619. The Labute approximate surface area is 150 Å². The molecule has 3 aliphatic rings. The molecule has 4 atom stereocenters. The second-order valence-corrected chi connectivity index (χ2v) is 8.27. The molecule has 1 aromatic carbocycles. The molecule has 0 bridgehead atoms. The highest BCUT2D eigenvalue weighted by atomic mass is 16.5. The molecular formula is C21H30NO3+. The zero-order valence-corrected chi connectivity index (χ0v) is 15.6. The van der Waals surface area contributed by atoms with Crippen LogP contribution >= 0.6 is 0 Å². The normalized spacial score (nSPS) is 35.5. The van der Waals surface area contributed by atoms with Gasteiger partial charge in [-0.3, -0.25) is 0 Å². The van der Waals surface area contributed by atoms with E-state index in [-0.39, 0.29) is 11.5 Å². The third-order valence-corrected chi connectivity index (χ3v) is 6.47. The topological polar surface area (TPSA) is 38.7 Å². The molecule has 1 unspecified atom stereocenters. The molecule has 0 radical (unpaired) electrons. The number of benzene rings is 1. The van der Waals surface area contributed by atoms with Gasteiger partial charge in [-0.15, -0.1) is 0 Å². The van der Waals surface area contributed by atoms with Crippen molar-refractivity contribution in [2.75, 3.05) is 27.2 Å². The van der Waals surface area contributed by atoms with Crippen LogP contribution in [0.25, 0.3) is 0 Å². The monoisotopic (exact) mass is 344 g/mol. The highest BCUT2D eigenvalue weighted by molar-refractivity contribution is 5.60. The molecule has 4 heteroatoms. The SMILES string of the molecule is CCCC[N+]1(C)CC[C@@]23C=C[C@H](O)C[C@@H]2Oc2c(OC)ccc(c23)C1. The number of hydrogen-bond donors (Lipinski definition) is 1. The summed E-state index contributed by atoms with van der Waals surface area (Å²) in [5.41, 5.74) is 2.59. The van der Waals surface area contributed by atoms with Crippen molar-refractivity contribution in [3.8, 4) is 11.5 Å². The number of hydrogen-bond acceptors (Lipinski definition) is 3. The molecule has 2 heterocycles. The van der Waals surface area contributed by atoms with Crippen molar-refractivity contribution in [1.82, 2.24) is 0 Å². The van der Waals surface area contributed by atoms with E-state index in [1.807, 2.05) is 6.08 Å². The van der Waals surface area contributed by atoms with E-state index < -0.39 is 6.10 Å². The minimum absolute atomic E-state index is 0.00951. The largest absolute Gasteiger partial charge is 0.493 e. The maximum absolute atomic E-state index is 10.1. The summed E-state index contributed by atoms with van der Waals surface area (Å²) in [5, 5.41) is 10.1. The molecule has 1 spiro atoms. The van der Waals surface area contributed by atoms with E-state index in [2.05, 4.69) is 32.2 Å². The van der Waals surface area contributed by atoms with Crippen molar-refractivity contribution in [2.45, 2.75) is 56.8 Å². The van der Waals surface area contributed by atoms with E-state index in [1.165, 1.54) is 30.5 Å². The predicted octanol–water partition coefficient (Wildman–Crippen LogP) is 3.17. The maximum Gasteiger partial charge on any atom is 0.166 e. The number of quaternary nitrogens is 1. The lowest BCUT2D eigenvalue weighted by Gasteiger charge is -2.37. The van der Waals surface area contributed by atoms with Crippen LogP contribution in [0.15, 0.2) is 24.3 Å². The Morgan fingerprint density at radius 1 is 1.40 bits per heavy atom. The second kappa shape index (κ2) is 6.03. The van der Waals surface area contributed by atoms with Gasteiger partial charge in [0, 0.05) is 24.0 Å². The number of rotatable bonds is 4. The van der Waals surface area contributed by atoms with E-state index in [0.29, 0.717) is 6.42 Å². The predicted molar refractivity (Wildman–Crippen MR) is 98.0 cm³/mol. The minimum atomic E-state index is -0.413. The molecule has 4 nitrogen and oxygen atoms in total. The van der Waals surface area contributed by atoms with Crippen molar-refractivity contribution in [3.63, 3.8) is 0 Å². The molecule has 136 valence electrons. The average Bonchev–Trinajstić information content (AvgIpc) is 2.87. The molecule has 0 amide bonds. The highest BCUT2D eigenvalue weighted by Gasteiger charge is 2.54. The third kappa shape index (κ3) is 2.58. The summed E-state index contributed by atoms with van der Waals surface area (Å²) in [5.74, 6) is 1.73. The van der Waals surface area contributed by atoms with Crippen LogP contribution in [0.5, 0.6) is 11.5 Å². The molecule has 25 heavy (non-hydrogen) atoms. The van der Waals surface area contributed by atoms with Crippen LogP contribution in [0.2, 0.25) is 0 Å². The Bertz CT molecular complexity index is 701. The fourth-order valence-corrected chi connectivity index (χ4v) is 5.01. The summed E-state index contributed by atoms with van der Waals surface area (Å²) in [6.45, 7) is 5.66. The second-order valence-electron chi connectivity index (χ2n) is 8.27. The minimum Gasteiger partial charge on any atom is -0.493 e. The van der Waals surface area contributed by atoms with E-state index >= 15 is 0 Å². The number of ether oxygens (including phenoxy) is 2. The lowest BCUT2D eigenvalue weighted by atomic mass is 9.69. The molecule has 0 saturated carbocycles. The third-order valence-electron chi connectivity index (χ3n) is 6.47. The molecule has 0 aromatic heterocycles. The molecule has 1 aromatic rings. The molecule has 1 N–H and O–H groups in total. The van der Waals surface area contributed by atoms with Crippen LogP contribution in [-0.4, -0.2) is 49.0 Å². The van der Waals surface area contributed by atoms with Gasteiger partial charge in [0.15, 0.2) is 11.5 Å². The van der Waals surface area contributed by atoms with Crippen molar-refractivity contribution >= 4 is 0 Å². The number of aliphatic hydroxyl groups excluding tert-OH is 1. The summed E-state index contributed by atoms with van der Waals surface area (Å²) in [4.78, 5) is 0. The first-order chi connectivity index (χ1) is 12.0. The number of unbranched alkanes of at least 4 members (excludes halogenated alkanes) is 1. The van der Waals surface area contributed by atoms with Gasteiger partial charge in [0.1, 0.15) is 12.6 Å². The van der Waals surface area contributed by atoms with E-state index in [9.17, 15) is 5.11 Å². The van der Waals surface area contributed by atoms with Gasteiger partial charge in [0.25, 0.3) is 0 Å². The lowest BCUT2D eigenvalue weighted by Crippen LogP contribution is -2.47. The molecule has 2 aliphatic heterocycles. The quantitative estimate of drug-likeness (QED) is 0.673. The van der Waals surface area contributed by atoms with Gasteiger partial charge in [0.2, 0.25) is 0 Å². The highest BCUT2D eigenvalue weighted by Crippen LogP contribution is 2.56. The van der Waals surface area contributed by atoms with E-state index in [4.69, 9.17) is 9.47 Å². The molecular weight excluding hydrogens is 314 g/mol. The van der Waals surface area contributed by atoms with E-state index in [0.717, 1.165) is 35.5 Å². The standard InChI is InChI=1S/C21H30NO3/c1-4-5-11-22(2)12-10-21-9-8-16(23)13-18(21)25-20-17(24-3)7-6-15(14-22)19(20)21/h6-9,16,18,23H,4-5,10-14H2,1-3H3/q+1/t16-,18-,21-,22?/m0/s1. The smallest absolute Gasteiger partial charge is 0.166 e. The first-order valence-corrected chi connectivity index (χ1v) is 9.59. The Hall–Kier alpha value is -1.52. The average molecular weight is 344 g/mol. The zero-order valence-electron chi connectivity index (χ0n) is 15.6. The van der Waals surface area contributed by atoms with Gasteiger partial charge < -0.3 is 19.1 Å². The van der Waals surface area contributed by atoms with Gasteiger partial charge in [-0.25, -0.2) is 0 Å². The number of nitrogens with zero attached hydrogens (tertiary/aromatic N) is 1. The van der Waals surface area contributed by atoms with Crippen LogP contribution in [0.3, 0.4) is 0 Å². The summed E-state index contributed by atoms with van der Waals surface area (Å²) in [6.07, 6.45) is 8.02. The molecule has 4 rings (SSSR count). The van der Waals surface area contributed by atoms with Crippen LogP contribution in [0.4, 0.5) is 0 Å². The van der Waals surface area contributed by atoms with E-state index in [1.54, 1.807) is 7.11 Å². The summed E-state index contributed by atoms with van der Waals surface area (Å²) < 4.78 is 13.1.